The number of carbonyl (C=O) groups excluding carboxylic acids is 1. The summed E-state index contributed by atoms with van der Waals surface area (Å²) in [6, 6.07) is 4.30. The fourth-order valence-corrected chi connectivity index (χ4v) is 2.21. The van der Waals surface area contributed by atoms with Gasteiger partial charge in [-0.25, -0.2) is 4.39 Å². The first-order valence-electron chi connectivity index (χ1n) is 5.99. The van der Waals surface area contributed by atoms with Crippen LogP contribution in [0.5, 0.6) is 0 Å². The van der Waals surface area contributed by atoms with Gasteiger partial charge in [-0.15, -0.1) is 0 Å². The van der Waals surface area contributed by atoms with Gasteiger partial charge in [0.15, 0.2) is 0 Å². The maximum Gasteiger partial charge on any atom is 0.256 e. The van der Waals surface area contributed by atoms with Crippen LogP contribution in [0, 0.1) is 5.82 Å². The van der Waals surface area contributed by atoms with E-state index in [1.54, 1.807) is 18.1 Å². The SMILES string of the molecule is COC1CCCN(C(=O)c2cccc(F)c2N)C1. The summed E-state index contributed by atoms with van der Waals surface area (Å²) in [6.45, 7) is 1.19. The smallest absolute Gasteiger partial charge is 0.256 e. The Bertz CT molecular complexity index is 451. The molecule has 1 aliphatic heterocycles. The van der Waals surface area contributed by atoms with Crippen molar-refractivity contribution in [2.45, 2.75) is 18.9 Å². The van der Waals surface area contributed by atoms with Gasteiger partial charge in [0, 0.05) is 20.2 Å². The Kier molecular flexibility index (Phi) is 3.81. The van der Waals surface area contributed by atoms with E-state index in [0.29, 0.717) is 13.1 Å². The van der Waals surface area contributed by atoms with Crippen LogP contribution in [0.4, 0.5) is 10.1 Å². The third kappa shape index (κ3) is 2.46. The molecule has 1 amide bonds. The molecule has 5 heteroatoms. The van der Waals surface area contributed by atoms with Crippen molar-refractivity contribution < 1.29 is 13.9 Å². The highest BCUT2D eigenvalue weighted by molar-refractivity contribution is 5.99. The number of piperidine rings is 1. The lowest BCUT2D eigenvalue weighted by atomic mass is 10.1. The molecule has 4 nitrogen and oxygen atoms in total. The first-order valence-corrected chi connectivity index (χ1v) is 5.99. The largest absolute Gasteiger partial charge is 0.396 e. The van der Waals surface area contributed by atoms with Crippen LogP contribution in [0.3, 0.4) is 0 Å². The Hall–Kier alpha value is -1.62. The molecule has 18 heavy (non-hydrogen) atoms. The molecule has 0 radical (unpaired) electrons. The number of anilines is 1. The van der Waals surface area contributed by atoms with E-state index >= 15 is 0 Å². The summed E-state index contributed by atoms with van der Waals surface area (Å²) >= 11 is 0. The van der Waals surface area contributed by atoms with Crippen LogP contribution in [0.2, 0.25) is 0 Å². The minimum Gasteiger partial charge on any atom is -0.396 e. The van der Waals surface area contributed by atoms with Gasteiger partial charge < -0.3 is 15.4 Å². The van der Waals surface area contributed by atoms with E-state index in [-0.39, 0.29) is 23.3 Å². The number of hydrogen-bond acceptors (Lipinski definition) is 3. The van der Waals surface area contributed by atoms with Gasteiger partial charge >= 0.3 is 0 Å². The number of hydrogen-bond donors (Lipinski definition) is 1. The maximum absolute atomic E-state index is 13.3. The molecule has 0 saturated carbocycles. The number of nitrogens with zero attached hydrogens (tertiary/aromatic N) is 1. The first kappa shape index (κ1) is 12.8. The summed E-state index contributed by atoms with van der Waals surface area (Å²) in [6.07, 6.45) is 1.88. The zero-order valence-electron chi connectivity index (χ0n) is 10.4. The van der Waals surface area contributed by atoms with Crippen molar-refractivity contribution in [2.75, 3.05) is 25.9 Å². The Morgan fingerprint density at radius 1 is 1.56 bits per heavy atom. The molecule has 1 aromatic carbocycles. The quantitative estimate of drug-likeness (QED) is 0.814. The number of carbonyl (C=O) groups is 1. The number of rotatable bonds is 2. The number of likely N-dealkylation sites (tertiary alicyclic amines) is 1. The number of benzene rings is 1. The maximum atomic E-state index is 13.3. The van der Waals surface area contributed by atoms with Gasteiger partial charge in [-0.3, -0.25) is 4.79 Å². The average molecular weight is 252 g/mol. The molecule has 1 aromatic rings. The molecular weight excluding hydrogens is 235 g/mol. The van der Waals surface area contributed by atoms with Crippen LogP contribution in [-0.4, -0.2) is 37.1 Å². The Morgan fingerprint density at radius 3 is 3.06 bits per heavy atom. The van der Waals surface area contributed by atoms with E-state index in [0.717, 1.165) is 12.8 Å². The summed E-state index contributed by atoms with van der Waals surface area (Å²) in [7, 11) is 1.63. The third-order valence-electron chi connectivity index (χ3n) is 3.28. The lowest BCUT2D eigenvalue weighted by molar-refractivity contribution is 0.0269. The number of nitrogen functional groups attached to an aromatic ring is 1. The molecule has 1 saturated heterocycles. The zero-order valence-corrected chi connectivity index (χ0v) is 10.4. The second kappa shape index (κ2) is 5.35. The highest BCUT2D eigenvalue weighted by atomic mass is 19.1. The minimum atomic E-state index is -0.554. The molecule has 98 valence electrons. The second-order valence-corrected chi connectivity index (χ2v) is 4.45. The van der Waals surface area contributed by atoms with Gasteiger partial charge in [0.25, 0.3) is 5.91 Å². The summed E-state index contributed by atoms with van der Waals surface area (Å²) in [5.74, 6) is -0.782. The van der Waals surface area contributed by atoms with Crippen molar-refractivity contribution in [3.63, 3.8) is 0 Å². The number of halogens is 1. The molecule has 2 rings (SSSR count). The normalized spacial score (nSPS) is 19.9. The van der Waals surface area contributed by atoms with E-state index in [4.69, 9.17) is 10.5 Å². The van der Waals surface area contributed by atoms with E-state index in [1.807, 2.05) is 0 Å². The fraction of sp³-hybridized carbons (Fsp3) is 0.462. The molecule has 0 spiro atoms. The van der Waals surface area contributed by atoms with E-state index in [9.17, 15) is 9.18 Å². The monoisotopic (exact) mass is 252 g/mol. The van der Waals surface area contributed by atoms with Crippen LogP contribution in [0.15, 0.2) is 18.2 Å². The average Bonchev–Trinajstić information content (AvgIpc) is 2.41. The molecule has 0 aromatic heterocycles. The van der Waals surface area contributed by atoms with Gasteiger partial charge in [-0.05, 0) is 25.0 Å². The van der Waals surface area contributed by atoms with Crippen LogP contribution in [0.1, 0.15) is 23.2 Å². The predicted molar refractivity (Wildman–Crippen MR) is 66.7 cm³/mol. The predicted octanol–water partition coefficient (Wildman–Crippen LogP) is 1.66. The van der Waals surface area contributed by atoms with Gasteiger partial charge in [0.2, 0.25) is 0 Å². The summed E-state index contributed by atoms with van der Waals surface area (Å²) in [5.41, 5.74) is 5.75. The van der Waals surface area contributed by atoms with Gasteiger partial charge in [0.1, 0.15) is 5.82 Å². The number of ether oxygens (including phenoxy) is 1. The van der Waals surface area contributed by atoms with Crippen LogP contribution in [0.25, 0.3) is 0 Å². The van der Waals surface area contributed by atoms with E-state index in [2.05, 4.69) is 0 Å². The van der Waals surface area contributed by atoms with Crippen molar-refractivity contribution >= 4 is 11.6 Å². The molecule has 2 N–H and O–H groups in total. The van der Waals surface area contributed by atoms with Gasteiger partial charge in [-0.2, -0.15) is 0 Å². The molecule has 0 aliphatic carbocycles. The molecule has 1 aliphatic rings. The van der Waals surface area contributed by atoms with Gasteiger partial charge in [0.05, 0.1) is 17.4 Å². The van der Waals surface area contributed by atoms with E-state index in [1.165, 1.54) is 12.1 Å². The summed E-state index contributed by atoms with van der Waals surface area (Å²) in [5, 5.41) is 0. The molecular formula is C13H17FN2O2. The number of para-hydroxylation sites is 1. The Balaban J connectivity index is 2.18. The van der Waals surface area contributed by atoms with Crippen molar-refractivity contribution in [3.8, 4) is 0 Å². The standard InChI is InChI=1S/C13H17FN2O2/c1-18-9-4-3-7-16(8-9)13(17)10-5-2-6-11(14)12(10)15/h2,5-6,9H,3-4,7-8,15H2,1H3. The molecule has 1 fully saturated rings. The third-order valence-corrected chi connectivity index (χ3v) is 3.28. The highest BCUT2D eigenvalue weighted by Gasteiger charge is 2.25. The van der Waals surface area contributed by atoms with Crippen molar-refractivity contribution in [1.29, 1.82) is 0 Å². The molecule has 1 heterocycles. The summed E-state index contributed by atoms with van der Waals surface area (Å²) < 4.78 is 18.6. The molecule has 1 unspecified atom stereocenters. The lowest BCUT2D eigenvalue weighted by Gasteiger charge is -2.32. The van der Waals surface area contributed by atoms with Gasteiger partial charge in [-0.1, -0.05) is 6.07 Å². The zero-order chi connectivity index (χ0) is 13.1. The number of amides is 1. The number of methoxy groups -OCH3 is 1. The van der Waals surface area contributed by atoms with Crippen LogP contribution in [-0.2, 0) is 4.74 Å². The Labute approximate surface area is 106 Å². The fourth-order valence-electron chi connectivity index (χ4n) is 2.21. The minimum absolute atomic E-state index is 0.0532. The van der Waals surface area contributed by atoms with E-state index < -0.39 is 5.82 Å². The second-order valence-electron chi connectivity index (χ2n) is 4.45. The molecule has 1 atom stereocenters. The van der Waals surface area contributed by atoms with Crippen molar-refractivity contribution in [2.24, 2.45) is 0 Å². The van der Waals surface area contributed by atoms with Crippen molar-refractivity contribution in [1.82, 2.24) is 4.90 Å². The van der Waals surface area contributed by atoms with Crippen molar-refractivity contribution in [3.05, 3.63) is 29.6 Å². The first-order chi connectivity index (χ1) is 8.63. The van der Waals surface area contributed by atoms with Crippen LogP contribution < -0.4 is 5.73 Å². The Morgan fingerprint density at radius 2 is 2.33 bits per heavy atom. The number of nitrogens with two attached hydrogens (primary N) is 1. The van der Waals surface area contributed by atoms with Crippen LogP contribution >= 0.6 is 0 Å². The molecule has 0 bridgehead atoms. The summed E-state index contributed by atoms with van der Waals surface area (Å²) in [4.78, 5) is 13.9. The topological polar surface area (TPSA) is 55.6 Å². The lowest BCUT2D eigenvalue weighted by Crippen LogP contribution is -2.43. The highest BCUT2D eigenvalue weighted by Crippen LogP contribution is 2.20.